The lowest BCUT2D eigenvalue weighted by Crippen LogP contribution is -2.46. The third kappa shape index (κ3) is 4.27. The molecule has 2 aliphatic rings. The summed E-state index contributed by atoms with van der Waals surface area (Å²) in [5.74, 6) is 1.12. The van der Waals surface area contributed by atoms with Gasteiger partial charge in [0.05, 0.1) is 32.9 Å². The molecule has 2 fully saturated rings. The molecule has 2 aliphatic heterocycles. The van der Waals surface area contributed by atoms with Crippen molar-refractivity contribution in [2.24, 2.45) is 5.92 Å². The van der Waals surface area contributed by atoms with Gasteiger partial charge in [-0.25, -0.2) is 0 Å². The van der Waals surface area contributed by atoms with Crippen molar-refractivity contribution < 1.29 is 23.8 Å². The van der Waals surface area contributed by atoms with E-state index in [2.05, 4.69) is 19.0 Å². The van der Waals surface area contributed by atoms with Crippen LogP contribution >= 0.6 is 0 Å². The van der Waals surface area contributed by atoms with E-state index >= 15 is 0 Å². The predicted molar refractivity (Wildman–Crippen MR) is 110 cm³/mol. The second kappa shape index (κ2) is 8.90. The van der Waals surface area contributed by atoms with Gasteiger partial charge in [0, 0.05) is 44.2 Å². The number of nitrogens with zero attached hydrogens (tertiary/aromatic N) is 3. The number of likely N-dealkylation sites (tertiary alicyclic amines) is 1. The summed E-state index contributed by atoms with van der Waals surface area (Å²) in [7, 11) is 8.77. The summed E-state index contributed by atoms with van der Waals surface area (Å²) < 4.78 is 16.1. The zero-order valence-corrected chi connectivity index (χ0v) is 17.9. The Hall–Kier alpha value is -2.48. The van der Waals surface area contributed by atoms with Crippen molar-refractivity contribution in [3.05, 3.63) is 12.1 Å². The Labute approximate surface area is 172 Å². The van der Waals surface area contributed by atoms with Gasteiger partial charge in [-0.2, -0.15) is 0 Å². The zero-order valence-electron chi connectivity index (χ0n) is 17.9. The lowest BCUT2D eigenvalue weighted by molar-refractivity contribution is -0.137. The normalized spacial score (nSPS) is 20.3. The molecule has 1 atom stereocenters. The molecule has 2 amide bonds. The fraction of sp³-hybridized carbons (Fsp3) is 0.619. The average molecular weight is 405 g/mol. The van der Waals surface area contributed by atoms with E-state index in [1.165, 1.54) is 21.3 Å². The molecule has 8 heteroatoms. The van der Waals surface area contributed by atoms with Crippen LogP contribution in [0.25, 0.3) is 0 Å². The number of piperidine rings is 1. The summed E-state index contributed by atoms with van der Waals surface area (Å²) in [5.41, 5.74) is 0.645. The minimum Gasteiger partial charge on any atom is -0.493 e. The number of anilines is 1. The zero-order chi connectivity index (χ0) is 21.1. The van der Waals surface area contributed by atoms with Crippen LogP contribution in [0.2, 0.25) is 0 Å². The third-order valence-electron chi connectivity index (χ3n) is 5.94. The molecule has 1 unspecified atom stereocenters. The van der Waals surface area contributed by atoms with Crippen molar-refractivity contribution in [1.29, 1.82) is 0 Å². The van der Waals surface area contributed by atoms with Crippen LogP contribution in [-0.2, 0) is 9.59 Å². The van der Waals surface area contributed by atoms with Crippen LogP contribution in [0, 0.1) is 5.92 Å². The van der Waals surface area contributed by atoms with E-state index in [1.54, 1.807) is 17.0 Å². The number of hydrogen-bond donors (Lipinski definition) is 0. The van der Waals surface area contributed by atoms with E-state index in [0.29, 0.717) is 35.5 Å². The van der Waals surface area contributed by atoms with Crippen molar-refractivity contribution >= 4 is 17.5 Å². The van der Waals surface area contributed by atoms with E-state index in [-0.39, 0.29) is 24.2 Å². The van der Waals surface area contributed by atoms with Crippen LogP contribution in [0.15, 0.2) is 12.1 Å². The summed E-state index contributed by atoms with van der Waals surface area (Å²) in [6.45, 7) is 1.86. The van der Waals surface area contributed by atoms with Crippen LogP contribution in [0.5, 0.6) is 17.2 Å². The SMILES string of the molecule is COc1cc(N2CC(C(=O)N3CCC(N(C)C)CC3)CC2=O)cc(OC)c1OC. The highest BCUT2D eigenvalue weighted by atomic mass is 16.5. The van der Waals surface area contributed by atoms with Gasteiger partial charge in [-0.05, 0) is 26.9 Å². The monoisotopic (exact) mass is 405 g/mol. The summed E-state index contributed by atoms with van der Waals surface area (Å²) in [5, 5.41) is 0. The van der Waals surface area contributed by atoms with Crippen molar-refractivity contribution in [3.63, 3.8) is 0 Å². The van der Waals surface area contributed by atoms with Crippen LogP contribution < -0.4 is 19.1 Å². The van der Waals surface area contributed by atoms with Crippen LogP contribution in [0.4, 0.5) is 5.69 Å². The Morgan fingerprint density at radius 1 is 1.03 bits per heavy atom. The summed E-state index contributed by atoms with van der Waals surface area (Å²) in [4.78, 5) is 31.5. The number of rotatable bonds is 6. The minimum absolute atomic E-state index is 0.0687. The smallest absolute Gasteiger partial charge is 0.228 e. The number of benzene rings is 1. The van der Waals surface area contributed by atoms with Gasteiger partial charge in [-0.3, -0.25) is 9.59 Å². The largest absolute Gasteiger partial charge is 0.493 e. The lowest BCUT2D eigenvalue weighted by Gasteiger charge is -2.36. The molecule has 2 heterocycles. The molecule has 2 saturated heterocycles. The highest BCUT2D eigenvalue weighted by Crippen LogP contribution is 2.42. The number of methoxy groups -OCH3 is 3. The maximum atomic E-state index is 13.0. The lowest BCUT2D eigenvalue weighted by atomic mass is 10.0. The van der Waals surface area contributed by atoms with E-state index in [1.807, 2.05) is 4.90 Å². The molecule has 0 saturated carbocycles. The predicted octanol–water partition coefficient (Wildman–Crippen LogP) is 1.62. The van der Waals surface area contributed by atoms with Crippen molar-refractivity contribution in [2.45, 2.75) is 25.3 Å². The van der Waals surface area contributed by atoms with Gasteiger partial charge in [-0.15, -0.1) is 0 Å². The van der Waals surface area contributed by atoms with Gasteiger partial charge in [0.25, 0.3) is 0 Å². The molecular weight excluding hydrogens is 374 g/mol. The topological polar surface area (TPSA) is 71.6 Å². The van der Waals surface area contributed by atoms with Gasteiger partial charge < -0.3 is 28.9 Å². The van der Waals surface area contributed by atoms with Gasteiger partial charge >= 0.3 is 0 Å². The Bertz CT molecular complexity index is 734. The van der Waals surface area contributed by atoms with Crippen LogP contribution in [-0.4, -0.2) is 82.7 Å². The Morgan fingerprint density at radius 3 is 2.10 bits per heavy atom. The van der Waals surface area contributed by atoms with Crippen molar-refractivity contribution in [1.82, 2.24) is 9.80 Å². The summed E-state index contributed by atoms with van der Waals surface area (Å²) in [6.07, 6.45) is 2.16. The van der Waals surface area contributed by atoms with E-state index in [4.69, 9.17) is 14.2 Å². The molecule has 8 nitrogen and oxygen atoms in total. The molecule has 0 bridgehead atoms. The molecule has 29 heavy (non-hydrogen) atoms. The molecule has 1 aromatic carbocycles. The number of carbonyl (C=O) groups excluding carboxylic acids is 2. The Morgan fingerprint density at radius 2 is 1.62 bits per heavy atom. The first-order chi connectivity index (χ1) is 13.9. The van der Waals surface area contributed by atoms with Gasteiger partial charge in [0.1, 0.15) is 0 Å². The molecule has 3 rings (SSSR count). The molecule has 160 valence electrons. The molecular formula is C21H31N3O5. The first kappa shape index (κ1) is 21.2. The maximum absolute atomic E-state index is 13.0. The third-order valence-corrected chi connectivity index (χ3v) is 5.94. The number of carbonyl (C=O) groups is 2. The minimum atomic E-state index is -0.322. The first-order valence-corrected chi connectivity index (χ1v) is 9.95. The number of ether oxygens (including phenoxy) is 3. The highest BCUT2D eigenvalue weighted by Gasteiger charge is 2.38. The number of amides is 2. The summed E-state index contributed by atoms with van der Waals surface area (Å²) >= 11 is 0. The second-order valence-corrected chi connectivity index (χ2v) is 7.81. The van der Waals surface area contributed by atoms with Crippen LogP contribution in [0.3, 0.4) is 0 Å². The standard InChI is InChI=1S/C21H31N3O5/c1-22(2)15-6-8-23(9-7-15)21(26)14-10-19(25)24(13-14)16-11-17(27-3)20(29-5)18(12-16)28-4/h11-12,14-15H,6-10,13H2,1-5H3. The van der Waals surface area contributed by atoms with E-state index in [0.717, 1.165) is 25.9 Å². The number of hydrogen-bond acceptors (Lipinski definition) is 6. The molecule has 0 aliphatic carbocycles. The van der Waals surface area contributed by atoms with E-state index < -0.39 is 0 Å². The van der Waals surface area contributed by atoms with Crippen LogP contribution in [0.1, 0.15) is 19.3 Å². The van der Waals surface area contributed by atoms with E-state index in [9.17, 15) is 9.59 Å². The fourth-order valence-electron chi connectivity index (χ4n) is 4.21. The van der Waals surface area contributed by atoms with Gasteiger partial charge in [-0.1, -0.05) is 0 Å². The molecule has 1 aromatic rings. The maximum Gasteiger partial charge on any atom is 0.228 e. The molecule has 0 spiro atoms. The second-order valence-electron chi connectivity index (χ2n) is 7.81. The molecule has 0 radical (unpaired) electrons. The van der Waals surface area contributed by atoms with Crippen molar-refractivity contribution in [2.75, 3.05) is 60.0 Å². The van der Waals surface area contributed by atoms with Crippen molar-refractivity contribution in [3.8, 4) is 17.2 Å². The Balaban J connectivity index is 1.73. The molecule has 0 N–H and O–H groups in total. The summed E-state index contributed by atoms with van der Waals surface area (Å²) in [6, 6.07) is 4.00. The fourth-order valence-corrected chi connectivity index (χ4v) is 4.21. The quantitative estimate of drug-likeness (QED) is 0.716. The van der Waals surface area contributed by atoms with Gasteiger partial charge in [0.2, 0.25) is 17.6 Å². The van der Waals surface area contributed by atoms with Gasteiger partial charge in [0.15, 0.2) is 11.5 Å². The first-order valence-electron chi connectivity index (χ1n) is 9.95. The average Bonchev–Trinajstić information content (AvgIpc) is 3.13. The highest BCUT2D eigenvalue weighted by molar-refractivity contribution is 6.00. The molecule has 0 aromatic heterocycles. The Kier molecular flexibility index (Phi) is 6.52.